The van der Waals surface area contributed by atoms with E-state index in [4.69, 9.17) is 4.98 Å². The fourth-order valence-electron chi connectivity index (χ4n) is 2.40. The number of pyridine rings is 2. The number of aromatic amines is 1. The smallest absolute Gasteiger partial charge is 0.195 e. The minimum absolute atomic E-state index is 0. The van der Waals surface area contributed by atoms with Gasteiger partial charge in [0.1, 0.15) is 5.69 Å². The fourth-order valence-corrected chi connectivity index (χ4v) is 2.40. The van der Waals surface area contributed by atoms with Gasteiger partial charge in [-0.1, -0.05) is 0 Å². The van der Waals surface area contributed by atoms with Gasteiger partial charge in [-0.05, 0) is 35.4 Å². The summed E-state index contributed by atoms with van der Waals surface area (Å²) in [7, 11) is 0. The van der Waals surface area contributed by atoms with Crippen LogP contribution in [-0.2, 0) is 0 Å². The van der Waals surface area contributed by atoms with Gasteiger partial charge in [-0.15, -0.1) is 0 Å². The Hall–Kier alpha value is -3.29. The van der Waals surface area contributed by atoms with Crippen LogP contribution in [0.5, 0.6) is 0 Å². The number of rotatable bonds is 3. The standard InChI is InChI=1S/C18H12N6.ClH.H2O/c1-3-19-4-2-13(1)14-9-15(17-11-20-5-7-22-17)24-16(10-14)18-12-21-6-8-23-18;;/h1-12H;1H;1H2. The largest absolute Gasteiger partial charge is 1.00 e. The highest BCUT2D eigenvalue weighted by Gasteiger charge is 2.11. The van der Waals surface area contributed by atoms with Crippen LogP contribution in [0.25, 0.3) is 33.9 Å². The first-order valence-corrected chi connectivity index (χ1v) is 7.41. The van der Waals surface area contributed by atoms with Crippen LogP contribution in [0.4, 0.5) is 0 Å². The molecule has 0 aliphatic heterocycles. The summed E-state index contributed by atoms with van der Waals surface area (Å²) in [6, 6.07) is 7.93. The SMILES string of the molecule is O.[Cl-].c1cc(-c2cc(-c3cnccn3)nc(-c3c[nH+]ccn3)c2)ccn1. The third kappa shape index (κ3) is 4.02. The van der Waals surface area contributed by atoms with Crippen molar-refractivity contribution in [3.63, 3.8) is 0 Å². The highest BCUT2D eigenvalue weighted by molar-refractivity contribution is 5.73. The summed E-state index contributed by atoms with van der Waals surface area (Å²) in [5.41, 5.74) is 5.07. The highest BCUT2D eigenvalue weighted by Crippen LogP contribution is 2.27. The average Bonchev–Trinajstić information content (AvgIpc) is 2.70. The number of hydrogen-bond donors (Lipinski definition) is 0. The number of hydrogen-bond acceptors (Lipinski definition) is 5. The molecule has 0 spiro atoms. The lowest BCUT2D eigenvalue weighted by Gasteiger charge is -2.08. The Balaban J connectivity index is 0.00000121. The second kappa shape index (κ2) is 8.70. The van der Waals surface area contributed by atoms with Gasteiger partial charge < -0.3 is 17.9 Å². The van der Waals surface area contributed by atoms with Gasteiger partial charge >= 0.3 is 0 Å². The quantitative estimate of drug-likeness (QED) is 0.445. The van der Waals surface area contributed by atoms with Gasteiger partial charge in [-0.25, -0.2) is 15.0 Å². The first-order chi connectivity index (χ1) is 11.9. The zero-order chi connectivity index (χ0) is 16.2. The van der Waals surface area contributed by atoms with E-state index in [0.717, 1.165) is 33.9 Å². The van der Waals surface area contributed by atoms with Crippen LogP contribution in [0.2, 0.25) is 0 Å². The van der Waals surface area contributed by atoms with E-state index in [1.807, 2.05) is 30.5 Å². The van der Waals surface area contributed by atoms with Crippen molar-refractivity contribution >= 4 is 0 Å². The van der Waals surface area contributed by atoms with Gasteiger partial charge in [-0.3, -0.25) is 15.0 Å². The van der Waals surface area contributed by atoms with Crippen molar-refractivity contribution in [3.8, 4) is 33.9 Å². The van der Waals surface area contributed by atoms with Crippen LogP contribution >= 0.6 is 0 Å². The molecule has 0 aromatic carbocycles. The van der Waals surface area contributed by atoms with Crippen molar-refractivity contribution in [2.45, 2.75) is 0 Å². The third-order valence-corrected chi connectivity index (χ3v) is 3.53. The summed E-state index contributed by atoms with van der Waals surface area (Å²) in [5, 5.41) is 0. The number of aromatic nitrogens is 6. The summed E-state index contributed by atoms with van der Waals surface area (Å²) in [6.07, 6.45) is 13.8. The zero-order valence-electron chi connectivity index (χ0n) is 13.5. The Morgan fingerprint density at radius 2 is 1.42 bits per heavy atom. The Labute approximate surface area is 156 Å². The summed E-state index contributed by atoms with van der Waals surface area (Å²) < 4.78 is 0. The van der Waals surface area contributed by atoms with Crippen molar-refractivity contribution in [1.29, 1.82) is 0 Å². The van der Waals surface area contributed by atoms with Crippen molar-refractivity contribution in [2.24, 2.45) is 0 Å². The molecule has 4 rings (SSSR count). The predicted molar refractivity (Wildman–Crippen MR) is 91.9 cm³/mol. The molecular weight excluding hydrogens is 352 g/mol. The van der Waals surface area contributed by atoms with Crippen LogP contribution in [-0.4, -0.2) is 30.4 Å². The average molecular weight is 367 g/mol. The molecular formula is C18H15ClN6O. The first kappa shape index (κ1) is 19.0. The maximum absolute atomic E-state index is 4.70. The van der Waals surface area contributed by atoms with Crippen molar-refractivity contribution in [2.75, 3.05) is 0 Å². The molecule has 130 valence electrons. The molecule has 26 heavy (non-hydrogen) atoms. The Morgan fingerprint density at radius 1 is 0.692 bits per heavy atom. The van der Waals surface area contributed by atoms with Crippen LogP contribution in [0.15, 0.2) is 73.8 Å². The maximum Gasteiger partial charge on any atom is 0.195 e. The molecule has 0 saturated heterocycles. The number of nitrogens with zero attached hydrogens (tertiary/aromatic N) is 5. The molecule has 0 amide bonds. The predicted octanol–water partition coefficient (Wildman–Crippen LogP) is -1.34. The molecule has 7 nitrogen and oxygen atoms in total. The molecule has 0 aliphatic carbocycles. The molecule has 8 heteroatoms. The molecule has 0 saturated carbocycles. The van der Waals surface area contributed by atoms with Crippen LogP contribution in [0, 0.1) is 0 Å². The Kier molecular flexibility index (Phi) is 6.37. The van der Waals surface area contributed by atoms with Gasteiger partial charge in [0.2, 0.25) is 0 Å². The molecule has 0 aliphatic rings. The molecule has 0 fully saturated rings. The van der Waals surface area contributed by atoms with E-state index in [0.29, 0.717) is 0 Å². The number of nitrogens with one attached hydrogen (secondary N) is 1. The summed E-state index contributed by atoms with van der Waals surface area (Å²) >= 11 is 0. The molecule has 0 radical (unpaired) electrons. The fraction of sp³-hybridized carbons (Fsp3) is 0. The summed E-state index contributed by atoms with van der Waals surface area (Å²) in [4.78, 5) is 24.7. The van der Waals surface area contributed by atoms with Gasteiger partial charge in [0.15, 0.2) is 18.1 Å². The lowest BCUT2D eigenvalue weighted by atomic mass is 10.0. The number of H-pyrrole nitrogens is 1. The molecule has 0 bridgehead atoms. The normalized spacial score (nSPS) is 9.69. The van der Waals surface area contributed by atoms with E-state index in [9.17, 15) is 0 Å². The van der Waals surface area contributed by atoms with E-state index in [2.05, 4.69) is 24.9 Å². The first-order valence-electron chi connectivity index (χ1n) is 7.41. The number of halogens is 1. The van der Waals surface area contributed by atoms with Crippen LogP contribution in [0.1, 0.15) is 0 Å². The summed E-state index contributed by atoms with van der Waals surface area (Å²) in [6.45, 7) is 0. The Morgan fingerprint density at radius 3 is 2.08 bits per heavy atom. The third-order valence-electron chi connectivity index (χ3n) is 3.53. The van der Waals surface area contributed by atoms with Gasteiger partial charge in [0.05, 0.1) is 23.8 Å². The maximum atomic E-state index is 4.70. The van der Waals surface area contributed by atoms with Gasteiger partial charge in [0, 0.05) is 24.8 Å². The van der Waals surface area contributed by atoms with E-state index < -0.39 is 0 Å². The molecule has 4 heterocycles. The van der Waals surface area contributed by atoms with E-state index >= 15 is 0 Å². The molecule has 4 aromatic rings. The van der Waals surface area contributed by atoms with Gasteiger partial charge in [-0.2, -0.15) is 0 Å². The van der Waals surface area contributed by atoms with E-state index in [-0.39, 0.29) is 17.9 Å². The molecule has 3 N–H and O–H groups in total. The van der Waals surface area contributed by atoms with Crippen molar-refractivity contribution < 1.29 is 22.9 Å². The lowest BCUT2D eigenvalue weighted by molar-refractivity contribution is -0.378. The second-order valence-electron chi connectivity index (χ2n) is 5.09. The topological polar surface area (TPSA) is 110 Å². The van der Waals surface area contributed by atoms with Crippen LogP contribution in [0.3, 0.4) is 0 Å². The van der Waals surface area contributed by atoms with Gasteiger partial charge in [0.25, 0.3) is 0 Å². The second-order valence-corrected chi connectivity index (χ2v) is 5.09. The monoisotopic (exact) mass is 366 g/mol. The van der Waals surface area contributed by atoms with Crippen molar-refractivity contribution in [3.05, 3.63) is 73.8 Å². The van der Waals surface area contributed by atoms with E-state index in [1.165, 1.54) is 0 Å². The Bertz CT molecular complexity index is 815. The van der Waals surface area contributed by atoms with Crippen LogP contribution < -0.4 is 17.4 Å². The van der Waals surface area contributed by atoms with Crippen molar-refractivity contribution in [1.82, 2.24) is 24.9 Å². The minimum Gasteiger partial charge on any atom is -1.00 e. The summed E-state index contributed by atoms with van der Waals surface area (Å²) in [5.74, 6) is 0. The highest BCUT2D eigenvalue weighted by atomic mass is 35.5. The lowest BCUT2D eigenvalue weighted by Crippen LogP contribution is -3.00. The minimum atomic E-state index is 0. The van der Waals surface area contributed by atoms with E-state index in [1.54, 1.807) is 43.4 Å². The molecule has 4 aromatic heterocycles. The molecule has 0 atom stereocenters. The molecule has 0 unspecified atom stereocenters. The zero-order valence-corrected chi connectivity index (χ0v) is 14.3.